The number of hydrogen-bond donors (Lipinski definition) is 1. The number of carbonyl (C=O) groups excluding carboxylic acids is 4. The van der Waals surface area contributed by atoms with E-state index in [-0.39, 0.29) is 35.8 Å². The zero-order valence-corrected chi connectivity index (χ0v) is 25.0. The highest BCUT2D eigenvalue weighted by atomic mass is 35.5. The van der Waals surface area contributed by atoms with Crippen molar-refractivity contribution < 1.29 is 24.3 Å². The Balaban J connectivity index is 1.35. The number of allylic oxidation sites excluding steroid dienone is 2. The van der Waals surface area contributed by atoms with Gasteiger partial charge in [0.05, 0.1) is 35.0 Å². The molecule has 43 heavy (non-hydrogen) atoms. The molecule has 1 saturated carbocycles. The van der Waals surface area contributed by atoms with Crippen LogP contribution >= 0.6 is 23.2 Å². The number of anilines is 2. The molecule has 2 aliphatic heterocycles. The number of amides is 4. The maximum atomic E-state index is 14.2. The fourth-order valence-corrected chi connectivity index (χ4v) is 8.07. The van der Waals surface area contributed by atoms with Gasteiger partial charge in [0.1, 0.15) is 5.75 Å². The fraction of sp³-hybridized carbons (Fsp3) is 0.294. The van der Waals surface area contributed by atoms with Crippen molar-refractivity contribution >= 4 is 58.2 Å². The molecule has 218 valence electrons. The summed E-state index contributed by atoms with van der Waals surface area (Å²) in [7, 11) is 0. The van der Waals surface area contributed by atoms with Gasteiger partial charge < -0.3 is 5.11 Å². The number of nitrogens with zero attached hydrogens (tertiary/aromatic N) is 2. The number of aromatic hydroxyl groups is 1. The molecule has 0 bridgehead atoms. The highest BCUT2D eigenvalue weighted by molar-refractivity contribution is 6.31. The van der Waals surface area contributed by atoms with Gasteiger partial charge in [-0.05, 0) is 97.8 Å². The van der Waals surface area contributed by atoms with E-state index in [2.05, 4.69) is 0 Å². The van der Waals surface area contributed by atoms with Crippen LogP contribution < -0.4 is 9.80 Å². The lowest BCUT2D eigenvalue weighted by Gasteiger charge is -2.44. The third-order valence-electron chi connectivity index (χ3n) is 9.69. The van der Waals surface area contributed by atoms with Gasteiger partial charge in [-0.25, -0.2) is 0 Å². The van der Waals surface area contributed by atoms with Gasteiger partial charge in [0.15, 0.2) is 0 Å². The van der Waals surface area contributed by atoms with E-state index in [0.717, 1.165) is 11.1 Å². The van der Waals surface area contributed by atoms with Crippen molar-refractivity contribution in [2.45, 2.75) is 32.6 Å². The van der Waals surface area contributed by atoms with Crippen LogP contribution in [0.15, 0.2) is 72.3 Å². The predicted molar refractivity (Wildman–Crippen MR) is 163 cm³/mol. The molecule has 2 aliphatic carbocycles. The Morgan fingerprint density at radius 1 is 0.674 bits per heavy atom. The normalized spacial score (nSPS) is 28.1. The van der Waals surface area contributed by atoms with E-state index in [9.17, 15) is 24.3 Å². The van der Waals surface area contributed by atoms with E-state index in [4.69, 9.17) is 23.2 Å². The van der Waals surface area contributed by atoms with Crippen molar-refractivity contribution in [2.24, 2.45) is 29.6 Å². The molecule has 6 atom stereocenters. The summed E-state index contributed by atoms with van der Waals surface area (Å²) in [5.74, 6) is -4.49. The van der Waals surface area contributed by atoms with Crippen LogP contribution in [-0.4, -0.2) is 28.7 Å². The Kier molecular flexibility index (Phi) is 6.52. The quantitative estimate of drug-likeness (QED) is 0.273. The van der Waals surface area contributed by atoms with Gasteiger partial charge in [-0.2, -0.15) is 0 Å². The third-order valence-corrected chi connectivity index (χ3v) is 10.2. The summed E-state index contributed by atoms with van der Waals surface area (Å²) in [6, 6.07) is 16.9. The first-order valence-electron chi connectivity index (χ1n) is 14.3. The van der Waals surface area contributed by atoms with Crippen molar-refractivity contribution in [1.29, 1.82) is 0 Å². The molecule has 3 aromatic rings. The molecule has 3 fully saturated rings. The van der Waals surface area contributed by atoms with Gasteiger partial charge in [-0.3, -0.25) is 29.0 Å². The SMILES string of the molecule is Cc1cc([C@H]2C3=CC[C@@H]4C(=O)N(c5ccc(Cl)cc5)C(=O)[C@@H]4[C@@H]3C[C@H]3C(=O)N(c4ccc(Cl)cc4)C(=O)[C@@H]23)cc(C)c1O. The molecule has 1 N–H and O–H groups in total. The molecular formula is C34H28Cl2N2O5. The Labute approximate surface area is 258 Å². The van der Waals surface area contributed by atoms with Crippen molar-refractivity contribution in [3.05, 3.63) is 99.0 Å². The number of fused-ring (bicyclic) bond motifs is 4. The average Bonchev–Trinajstić information content (AvgIpc) is 3.39. The highest BCUT2D eigenvalue weighted by Crippen LogP contribution is 2.58. The minimum absolute atomic E-state index is 0.178. The molecule has 4 aliphatic rings. The molecule has 0 unspecified atom stereocenters. The number of phenols is 1. The summed E-state index contributed by atoms with van der Waals surface area (Å²) < 4.78 is 0. The van der Waals surface area contributed by atoms with Crippen LogP contribution in [0.2, 0.25) is 10.0 Å². The Hall–Kier alpha value is -3.94. The largest absolute Gasteiger partial charge is 0.507 e. The van der Waals surface area contributed by atoms with E-state index in [1.54, 1.807) is 62.4 Å². The first-order valence-corrected chi connectivity index (χ1v) is 15.1. The predicted octanol–water partition coefficient (Wildman–Crippen LogP) is 6.36. The molecule has 7 nitrogen and oxygen atoms in total. The van der Waals surface area contributed by atoms with Crippen molar-refractivity contribution in [2.75, 3.05) is 9.80 Å². The molecular weight excluding hydrogens is 587 g/mol. The molecule has 4 amide bonds. The van der Waals surface area contributed by atoms with Gasteiger partial charge in [-0.15, -0.1) is 0 Å². The summed E-state index contributed by atoms with van der Waals surface area (Å²) in [5, 5.41) is 11.5. The zero-order chi connectivity index (χ0) is 30.3. The minimum Gasteiger partial charge on any atom is -0.507 e. The van der Waals surface area contributed by atoms with E-state index in [0.29, 0.717) is 39.0 Å². The van der Waals surface area contributed by atoms with Crippen LogP contribution in [0.4, 0.5) is 11.4 Å². The second-order valence-electron chi connectivity index (χ2n) is 12.0. The number of benzene rings is 3. The van der Waals surface area contributed by atoms with Gasteiger partial charge in [-0.1, -0.05) is 47.0 Å². The topological polar surface area (TPSA) is 95.0 Å². The first kappa shape index (κ1) is 27.9. The van der Waals surface area contributed by atoms with E-state index in [1.165, 1.54) is 9.80 Å². The summed E-state index contributed by atoms with van der Waals surface area (Å²) in [6.45, 7) is 3.61. The summed E-state index contributed by atoms with van der Waals surface area (Å²) in [4.78, 5) is 58.5. The number of hydrogen-bond acceptors (Lipinski definition) is 5. The second-order valence-corrected chi connectivity index (χ2v) is 12.9. The maximum Gasteiger partial charge on any atom is 0.238 e. The van der Waals surface area contributed by atoms with Crippen LogP contribution in [0, 0.1) is 43.4 Å². The zero-order valence-electron chi connectivity index (χ0n) is 23.5. The van der Waals surface area contributed by atoms with E-state index >= 15 is 0 Å². The van der Waals surface area contributed by atoms with Gasteiger partial charge in [0, 0.05) is 16.0 Å². The molecule has 0 aromatic heterocycles. The number of phenolic OH excluding ortho intramolecular Hbond substituents is 1. The van der Waals surface area contributed by atoms with Crippen LogP contribution in [-0.2, 0) is 19.2 Å². The Morgan fingerprint density at radius 3 is 1.70 bits per heavy atom. The lowest BCUT2D eigenvalue weighted by atomic mass is 9.57. The number of imide groups is 2. The van der Waals surface area contributed by atoms with Crippen molar-refractivity contribution in [3.63, 3.8) is 0 Å². The minimum atomic E-state index is -0.690. The molecule has 2 heterocycles. The standard InChI is InChI=1S/C34H28Cl2N2O5/c1-16-13-18(14-17(2)30(16)39)27-23-11-12-24-28(33(42)37(31(24)40)21-7-3-19(35)4-8-21)25(23)15-26-29(27)34(43)38(32(26)41)22-9-5-20(36)6-10-22/h3-11,13-14,24-29,39H,12,15H2,1-2H3/t24-,25+,26+,27-,28-,29+/m0/s1. The van der Waals surface area contributed by atoms with Crippen LogP contribution in [0.5, 0.6) is 5.75 Å². The van der Waals surface area contributed by atoms with Crippen LogP contribution in [0.1, 0.15) is 35.4 Å². The lowest BCUT2D eigenvalue weighted by Crippen LogP contribution is -2.43. The highest BCUT2D eigenvalue weighted by Gasteiger charge is 2.62. The smallest absolute Gasteiger partial charge is 0.238 e. The third kappa shape index (κ3) is 4.16. The van der Waals surface area contributed by atoms with Gasteiger partial charge in [0.2, 0.25) is 23.6 Å². The number of aryl methyl sites for hydroxylation is 2. The Bertz CT molecular complexity index is 1730. The molecule has 7 rings (SSSR count). The monoisotopic (exact) mass is 614 g/mol. The van der Waals surface area contributed by atoms with Crippen molar-refractivity contribution in [3.8, 4) is 5.75 Å². The number of halogens is 2. The lowest BCUT2D eigenvalue weighted by molar-refractivity contribution is -0.126. The fourth-order valence-electron chi connectivity index (χ4n) is 7.82. The first-order chi connectivity index (χ1) is 20.6. The average molecular weight is 616 g/mol. The Morgan fingerprint density at radius 2 is 1.16 bits per heavy atom. The maximum absolute atomic E-state index is 14.2. The van der Waals surface area contributed by atoms with E-state index in [1.807, 2.05) is 18.2 Å². The summed E-state index contributed by atoms with van der Waals surface area (Å²) >= 11 is 12.2. The summed E-state index contributed by atoms with van der Waals surface area (Å²) in [6.07, 6.45) is 2.66. The molecule has 2 saturated heterocycles. The summed E-state index contributed by atoms with van der Waals surface area (Å²) in [5.41, 5.74) is 3.95. The molecule has 3 aromatic carbocycles. The number of carbonyl (C=O) groups is 4. The number of rotatable bonds is 3. The van der Waals surface area contributed by atoms with Crippen molar-refractivity contribution in [1.82, 2.24) is 0 Å². The molecule has 9 heteroatoms. The molecule has 0 spiro atoms. The van der Waals surface area contributed by atoms with Crippen LogP contribution in [0.3, 0.4) is 0 Å². The molecule has 0 radical (unpaired) electrons. The van der Waals surface area contributed by atoms with Gasteiger partial charge >= 0.3 is 0 Å². The van der Waals surface area contributed by atoms with Gasteiger partial charge in [0.25, 0.3) is 0 Å². The van der Waals surface area contributed by atoms with Crippen LogP contribution in [0.25, 0.3) is 0 Å². The second kappa shape index (κ2) is 10.1. The van der Waals surface area contributed by atoms with E-state index < -0.39 is 35.5 Å².